The lowest BCUT2D eigenvalue weighted by atomic mass is 9.85. The highest BCUT2D eigenvalue weighted by atomic mass is 16.7. The summed E-state index contributed by atoms with van der Waals surface area (Å²) in [6.45, 7) is 13.4. The number of carbonyl (C=O) groups is 2. The van der Waals surface area contributed by atoms with Crippen molar-refractivity contribution in [2.24, 2.45) is 0 Å². The monoisotopic (exact) mass is 376 g/mol. The van der Waals surface area contributed by atoms with Gasteiger partial charge in [0, 0.05) is 12.0 Å². The van der Waals surface area contributed by atoms with E-state index in [2.05, 4.69) is 6.92 Å². The fraction of sp³-hybridized carbons (Fsp3) is 0.636. The molecule has 1 aliphatic rings. The van der Waals surface area contributed by atoms with Crippen molar-refractivity contribution in [3.05, 3.63) is 22.3 Å². The molecule has 0 radical (unpaired) electrons. The maximum absolute atomic E-state index is 12.2. The van der Waals surface area contributed by atoms with Gasteiger partial charge in [-0.25, -0.2) is 4.79 Å². The topological polar surface area (TPSA) is 61.8 Å². The molecule has 27 heavy (non-hydrogen) atoms. The fourth-order valence-corrected chi connectivity index (χ4v) is 3.52. The summed E-state index contributed by atoms with van der Waals surface area (Å²) in [6, 6.07) is 0. The summed E-state index contributed by atoms with van der Waals surface area (Å²) >= 11 is 0. The summed E-state index contributed by atoms with van der Waals surface area (Å²) in [4.78, 5) is 22.8. The van der Waals surface area contributed by atoms with Crippen molar-refractivity contribution >= 4 is 12.4 Å². The van der Waals surface area contributed by atoms with Gasteiger partial charge in [0.05, 0.1) is 0 Å². The Kier molecular flexibility index (Phi) is 6.23. The lowest BCUT2D eigenvalue weighted by Gasteiger charge is -2.38. The van der Waals surface area contributed by atoms with Crippen LogP contribution in [0.1, 0.15) is 75.6 Å². The Labute approximate surface area is 162 Å². The first-order valence-electron chi connectivity index (χ1n) is 9.63. The van der Waals surface area contributed by atoms with Gasteiger partial charge < -0.3 is 19.0 Å². The van der Waals surface area contributed by atoms with E-state index in [1.165, 1.54) is 0 Å². The van der Waals surface area contributed by atoms with Crippen LogP contribution in [-0.2, 0) is 16.0 Å². The van der Waals surface area contributed by atoms with Crippen LogP contribution >= 0.6 is 0 Å². The highest BCUT2D eigenvalue weighted by molar-refractivity contribution is 5.68. The third-order valence-corrected chi connectivity index (χ3v) is 5.17. The van der Waals surface area contributed by atoms with Crippen LogP contribution < -0.4 is 9.47 Å². The van der Waals surface area contributed by atoms with Gasteiger partial charge in [0.2, 0.25) is 0 Å². The van der Waals surface area contributed by atoms with Gasteiger partial charge in [-0.2, -0.15) is 0 Å². The molecular weight excluding hydrogens is 344 g/mol. The minimum Gasteiger partial charge on any atom is -0.487 e. The number of rotatable bonds is 5. The van der Waals surface area contributed by atoms with Crippen LogP contribution in [0.3, 0.4) is 0 Å². The minimum absolute atomic E-state index is 0.271. The number of hydrogen-bond acceptors (Lipinski definition) is 5. The highest BCUT2D eigenvalue weighted by Gasteiger charge is 2.34. The largest absolute Gasteiger partial charge is 0.514 e. The number of fused-ring (bicyclic) bond motifs is 1. The molecule has 0 saturated carbocycles. The molecule has 0 saturated heterocycles. The van der Waals surface area contributed by atoms with E-state index < -0.39 is 11.8 Å². The summed E-state index contributed by atoms with van der Waals surface area (Å²) in [7, 11) is 0. The summed E-state index contributed by atoms with van der Waals surface area (Å²) in [5.74, 6) is 1.45. The van der Waals surface area contributed by atoms with Gasteiger partial charge in [-0.15, -0.1) is 0 Å². The molecule has 0 amide bonds. The molecule has 0 spiro atoms. The number of benzene rings is 1. The quantitative estimate of drug-likeness (QED) is 0.299. The van der Waals surface area contributed by atoms with Crippen molar-refractivity contribution in [2.75, 3.05) is 0 Å². The molecule has 1 aliphatic heterocycles. The third-order valence-electron chi connectivity index (χ3n) is 5.17. The smallest absolute Gasteiger partial charge is 0.487 e. The summed E-state index contributed by atoms with van der Waals surface area (Å²) < 4.78 is 17.3. The number of aldehydes is 1. The average Bonchev–Trinajstić information content (AvgIpc) is 2.55. The van der Waals surface area contributed by atoms with E-state index in [1.54, 1.807) is 0 Å². The van der Waals surface area contributed by atoms with E-state index in [-0.39, 0.29) is 5.60 Å². The van der Waals surface area contributed by atoms with Crippen molar-refractivity contribution in [3.63, 3.8) is 0 Å². The first-order chi connectivity index (χ1) is 12.5. The molecule has 0 N–H and O–H groups in total. The standard InChI is InChI=1S/C22H32O5/c1-14-15(2)19-17(10-12-22(7,26-19)11-8-9-13-23)16(3)18(14)25-20(24)27-21(4,5)6/h13H,8-12H2,1-7H3. The molecule has 5 heteroatoms. The zero-order valence-corrected chi connectivity index (χ0v) is 17.7. The van der Waals surface area contributed by atoms with Crippen molar-refractivity contribution in [1.82, 2.24) is 0 Å². The molecule has 0 aromatic heterocycles. The summed E-state index contributed by atoms with van der Waals surface area (Å²) in [6.07, 6.45) is 4.22. The number of carbonyl (C=O) groups excluding carboxylic acids is 2. The van der Waals surface area contributed by atoms with Crippen LogP contribution in [-0.4, -0.2) is 23.6 Å². The Balaban J connectivity index is 2.30. The Morgan fingerprint density at radius 3 is 2.44 bits per heavy atom. The maximum Gasteiger partial charge on any atom is 0.514 e. The molecule has 1 atom stereocenters. The Morgan fingerprint density at radius 1 is 1.19 bits per heavy atom. The van der Waals surface area contributed by atoms with Crippen molar-refractivity contribution < 1.29 is 23.8 Å². The SMILES string of the molecule is Cc1c(C)c2c(c(C)c1OC(=O)OC(C)(C)C)CCC(C)(CCCC=O)O2. The van der Waals surface area contributed by atoms with Gasteiger partial charge >= 0.3 is 6.16 Å². The molecule has 1 heterocycles. The van der Waals surface area contributed by atoms with Crippen molar-refractivity contribution in [2.45, 2.75) is 91.8 Å². The Bertz CT molecular complexity index is 729. The molecule has 1 aromatic carbocycles. The lowest BCUT2D eigenvalue weighted by molar-refractivity contribution is -0.108. The van der Waals surface area contributed by atoms with E-state index in [9.17, 15) is 9.59 Å². The van der Waals surface area contributed by atoms with E-state index in [0.29, 0.717) is 12.2 Å². The minimum atomic E-state index is -0.691. The van der Waals surface area contributed by atoms with E-state index >= 15 is 0 Å². The molecule has 0 aliphatic carbocycles. The normalized spacial score (nSPS) is 19.1. The predicted octanol–water partition coefficient (Wildman–Crippen LogP) is 5.38. The van der Waals surface area contributed by atoms with Gasteiger partial charge in [0.15, 0.2) is 0 Å². The fourth-order valence-electron chi connectivity index (χ4n) is 3.52. The first kappa shape index (κ1) is 21.3. The molecule has 0 bridgehead atoms. The number of unbranched alkanes of at least 4 members (excludes halogenated alkanes) is 1. The summed E-state index contributed by atoms with van der Waals surface area (Å²) in [5, 5.41) is 0. The molecule has 150 valence electrons. The van der Waals surface area contributed by atoms with Crippen LogP contribution in [0.2, 0.25) is 0 Å². The van der Waals surface area contributed by atoms with Crippen LogP contribution in [0.15, 0.2) is 0 Å². The molecular formula is C22H32O5. The second kappa shape index (κ2) is 7.91. The Hall–Kier alpha value is -2.04. The number of ether oxygens (including phenoxy) is 3. The predicted molar refractivity (Wildman–Crippen MR) is 105 cm³/mol. The zero-order valence-electron chi connectivity index (χ0n) is 17.7. The average molecular weight is 376 g/mol. The lowest BCUT2D eigenvalue weighted by Crippen LogP contribution is -2.37. The zero-order chi connectivity index (χ0) is 20.4. The Morgan fingerprint density at radius 2 is 1.85 bits per heavy atom. The number of hydrogen-bond donors (Lipinski definition) is 0. The van der Waals surface area contributed by atoms with E-state index in [4.69, 9.17) is 14.2 Å². The molecule has 2 rings (SSSR count). The second-order valence-corrected chi connectivity index (χ2v) is 8.69. The first-order valence-corrected chi connectivity index (χ1v) is 9.63. The van der Waals surface area contributed by atoms with Gasteiger partial charge in [-0.3, -0.25) is 0 Å². The van der Waals surface area contributed by atoms with E-state index in [0.717, 1.165) is 60.0 Å². The highest BCUT2D eigenvalue weighted by Crippen LogP contribution is 2.45. The van der Waals surface area contributed by atoms with Gasteiger partial charge in [-0.05, 0) is 90.8 Å². The van der Waals surface area contributed by atoms with Crippen LogP contribution in [0.25, 0.3) is 0 Å². The van der Waals surface area contributed by atoms with Gasteiger partial charge in [0.1, 0.15) is 29.0 Å². The maximum atomic E-state index is 12.2. The molecule has 5 nitrogen and oxygen atoms in total. The van der Waals surface area contributed by atoms with Crippen molar-refractivity contribution in [1.29, 1.82) is 0 Å². The van der Waals surface area contributed by atoms with Gasteiger partial charge in [-0.1, -0.05) is 0 Å². The van der Waals surface area contributed by atoms with Crippen LogP contribution in [0, 0.1) is 20.8 Å². The summed E-state index contributed by atoms with van der Waals surface area (Å²) in [5.41, 5.74) is 3.00. The molecule has 0 fully saturated rings. The van der Waals surface area contributed by atoms with Crippen molar-refractivity contribution in [3.8, 4) is 11.5 Å². The molecule has 1 unspecified atom stereocenters. The molecule has 1 aromatic rings. The van der Waals surface area contributed by atoms with Crippen LogP contribution in [0.4, 0.5) is 4.79 Å². The van der Waals surface area contributed by atoms with E-state index in [1.807, 2.05) is 41.5 Å². The van der Waals surface area contributed by atoms with Gasteiger partial charge in [0.25, 0.3) is 0 Å². The van der Waals surface area contributed by atoms with Crippen LogP contribution in [0.5, 0.6) is 11.5 Å². The second-order valence-electron chi connectivity index (χ2n) is 8.69. The third kappa shape index (κ3) is 5.02.